The Labute approximate surface area is 232 Å². The Morgan fingerprint density at radius 1 is 0.868 bits per heavy atom. The van der Waals surface area contributed by atoms with Crippen LogP contribution in [0.25, 0.3) is 0 Å². The largest absolute Gasteiger partial charge is 0.478 e. The Hall–Kier alpha value is -3.15. The van der Waals surface area contributed by atoms with Gasteiger partial charge in [0, 0.05) is 25.6 Å². The van der Waals surface area contributed by atoms with E-state index in [2.05, 4.69) is 20.6 Å². The summed E-state index contributed by atoms with van der Waals surface area (Å²) in [4.78, 5) is 41.4. The Morgan fingerprint density at radius 3 is 1.84 bits per heavy atom. The maximum atomic E-state index is 11.5. The molecule has 13 heteroatoms. The van der Waals surface area contributed by atoms with Crippen molar-refractivity contribution in [2.24, 2.45) is 0 Å². The number of pyridine rings is 2. The van der Waals surface area contributed by atoms with Crippen molar-refractivity contribution in [1.82, 2.24) is 9.97 Å². The van der Waals surface area contributed by atoms with Crippen LogP contribution in [0.5, 0.6) is 0 Å². The SMILES string of the molecule is C1CCOC1.CC(C)(C)OC(=O)Nc1c(C(=O)O)ccnc1Cl.CC(C)(C)OC(=O)Nc1cccnc1Cl. The molecule has 0 aromatic carbocycles. The van der Waals surface area contributed by atoms with Crippen LogP contribution in [-0.4, -0.2) is 57.6 Å². The van der Waals surface area contributed by atoms with Crippen LogP contribution in [0.3, 0.4) is 0 Å². The van der Waals surface area contributed by atoms with E-state index in [-0.39, 0.29) is 21.6 Å². The molecule has 0 radical (unpaired) electrons. The van der Waals surface area contributed by atoms with Gasteiger partial charge in [-0.2, -0.15) is 0 Å². The Balaban J connectivity index is 0.000000324. The molecule has 0 bridgehead atoms. The van der Waals surface area contributed by atoms with Gasteiger partial charge in [-0.25, -0.2) is 24.4 Å². The number of hydrogen-bond donors (Lipinski definition) is 3. The van der Waals surface area contributed by atoms with Gasteiger partial charge in [-0.05, 0) is 72.6 Å². The van der Waals surface area contributed by atoms with Crippen LogP contribution in [0.15, 0.2) is 30.6 Å². The molecule has 0 aliphatic carbocycles. The minimum Gasteiger partial charge on any atom is -0.478 e. The van der Waals surface area contributed by atoms with Gasteiger partial charge in [0.05, 0.1) is 16.9 Å². The zero-order valence-electron chi connectivity index (χ0n) is 22.3. The summed E-state index contributed by atoms with van der Waals surface area (Å²) in [7, 11) is 0. The molecule has 3 heterocycles. The number of anilines is 2. The highest BCUT2D eigenvalue weighted by Gasteiger charge is 2.21. The van der Waals surface area contributed by atoms with Crippen molar-refractivity contribution < 1.29 is 33.7 Å². The van der Waals surface area contributed by atoms with E-state index in [9.17, 15) is 14.4 Å². The topological polar surface area (TPSA) is 149 Å². The second kappa shape index (κ2) is 15.3. The third kappa shape index (κ3) is 14.0. The fourth-order valence-corrected chi connectivity index (χ4v) is 2.91. The number of aromatic carboxylic acids is 1. The molecule has 3 N–H and O–H groups in total. The molecule has 2 aromatic rings. The van der Waals surface area contributed by atoms with Crippen molar-refractivity contribution in [1.29, 1.82) is 0 Å². The number of hydrogen-bond acceptors (Lipinski definition) is 8. The summed E-state index contributed by atoms with van der Waals surface area (Å²) < 4.78 is 15.0. The Morgan fingerprint density at radius 2 is 1.39 bits per heavy atom. The lowest BCUT2D eigenvalue weighted by Gasteiger charge is -2.20. The second-order valence-corrected chi connectivity index (χ2v) is 10.5. The van der Waals surface area contributed by atoms with Crippen LogP contribution in [0.1, 0.15) is 64.7 Å². The number of nitrogens with zero attached hydrogens (tertiary/aromatic N) is 2. The van der Waals surface area contributed by atoms with Crippen molar-refractivity contribution >= 4 is 52.7 Å². The van der Waals surface area contributed by atoms with Crippen molar-refractivity contribution in [2.45, 2.75) is 65.6 Å². The molecule has 1 aliphatic heterocycles. The monoisotopic (exact) mass is 572 g/mol. The number of nitrogens with one attached hydrogen (secondary N) is 2. The van der Waals surface area contributed by atoms with E-state index in [4.69, 9.17) is 42.5 Å². The van der Waals surface area contributed by atoms with Gasteiger partial charge in [0.25, 0.3) is 0 Å². The summed E-state index contributed by atoms with van der Waals surface area (Å²) in [6.07, 6.45) is 4.01. The van der Waals surface area contributed by atoms with Crippen molar-refractivity contribution in [2.75, 3.05) is 23.8 Å². The van der Waals surface area contributed by atoms with E-state index in [0.29, 0.717) is 5.69 Å². The third-order valence-electron chi connectivity index (χ3n) is 3.98. The lowest BCUT2D eigenvalue weighted by molar-refractivity contribution is 0.0623. The first-order valence-electron chi connectivity index (χ1n) is 11.6. The van der Waals surface area contributed by atoms with Crippen LogP contribution in [0.4, 0.5) is 21.0 Å². The lowest BCUT2D eigenvalue weighted by Crippen LogP contribution is -2.28. The highest BCUT2D eigenvalue weighted by Crippen LogP contribution is 2.24. The first-order chi connectivity index (χ1) is 17.6. The predicted octanol–water partition coefficient (Wildman–Crippen LogP) is 6.66. The quantitative estimate of drug-likeness (QED) is 0.343. The minimum absolute atomic E-state index is 0.0825. The number of halogens is 2. The molecule has 1 aliphatic rings. The molecule has 11 nitrogen and oxygen atoms in total. The molecule has 0 spiro atoms. The zero-order valence-corrected chi connectivity index (χ0v) is 23.8. The van der Waals surface area contributed by atoms with Crippen LogP contribution in [0, 0.1) is 0 Å². The average Bonchev–Trinajstić information content (AvgIpc) is 3.35. The zero-order chi connectivity index (χ0) is 28.9. The number of carbonyl (C=O) groups is 3. The van der Waals surface area contributed by atoms with Crippen LogP contribution in [0.2, 0.25) is 10.3 Å². The molecule has 0 unspecified atom stereocenters. The highest BCUT2D eigenvalue weighted by atomic mass is 35.5. The van der Waals surface area contributed by atoms with Crippen molar-refractivity contribution in [3.05, 3.63) is 46.5 Å². The normalized spacial score (nSPS) is 12.6. The van der Waals surface area contributed by atoms with E-state index in [1.807, 2.05) is 0 Å². The number of carboxylic acid groups (broad SMARTS) is 1. The van der Waals surface area contributed by atoms with E-state index in [1.54, 1.807) is 59.9 Å². The van der Waals surface area contributed by atoms with Gasteiger partial charge in [0.15, 0.2) is 10.3 Å². The highest BCUT2D eigenvalue weighted by molar-refractivity contribution is 6.33. The first-order valence-corrected chi connectivity index (χ1v) is 12.4. The smallest absolute Gasteiger partial charge is 0.412 e. The third-order valence-corrected chi connectivity index (χ3v) is 4.57. The molecule has 3 rings (SSSR count). The van der Waals surface area contributed by atoms with Gasteiger partial charge >= 0.3 is 18.2 Å². The summed E-state index contributed by atoms with van der Waals surface area (Å²) in [5.41, 5.74) is -1.02. The summed E-state index contributed by atoms with van der Waals surface area (Å²) in [6, 6.07) is 4.57. The standard InChI is InChI=1S/C11H13ClN2O4.C10H13ClN2O2.C4H8O/c1-11(2,3)18-10(17)14-7-6(9(15)16)4-5-13-8(7)12;1-10(2,3)15-9(14)13-7-5-4-6-12-8(7)11;1-2-4-5-3-1/h4-5H,1-3H3,(H,14,17)(H,15,16);4-6H,1-3H3,(H,13,14);1-4H2. The van der Waals surface area contributed by atoms with E-state index in [0.717, 1.165) is 13.2 Å². The molecular weight excluding hydrogens is 539 g/mol. The summed E-state index contributed by atoms with van der Waals surface area (Å²) in [5.74, 6) is -1.22. The number of amides is 2. The fourth-order valence-electron chi connectivity index (χ4n) is 2.54. The Kier molecular flexibility index (Phi) is 13.2. The van der Waals surface area contributed by atoms with E-state index in [1.165, 1.54) is 25.1 Å². The van der Waals surface area contributed by atoms with Crippen molar-refractivity contribution in [3.8, 4) is 0 Å². The maximum absolute atomic E-state index is 11.5. The van der Waals surface area contributed by atoms with E-state index >= 15 is 0 Å². The van der Waals surface area contributed by atoms with Gasteiger partial charge in [-0.3, -0.25) is 10.6 Å². The molecule has 0 saturated carbocycles. The molecule has 0 atom stereocenters. The number of carboxylic acids is 1. The number of ether oxygens (including phenoxy) is 3. The van der Waals surface area contributed by atoms with E-state index < -0.39 is 29.4 Å². The average molecular weight is 573 g/mol. The van der Waals surface area contributed by atoms with Crippen LogP contribution in [-0.2, 0) is 14.2 Å². The van der Waals surface area contributed by atoms with Gasteiger partial charge < -0.3 is 19.3 Å². The van der Waals surface area contributed by atoms with Gasteiger partial charge in [-0.15, -0.1) is 0 Å². The molecule has 210 valence electrons. The summed E-state index contributed by atoms with van der Waals surface area (Å²) in [5, 5.41) is 13.9. The number of aromatic nitrogens is 2. The molecule has 1 fully saturated rings. The summed E-state index contributed by atoms with van der Waals surface area (Å²) in [6.45, 7) is 12.4. The van der Waals surface area contributed by atoms with Crippen LogP contribution < -0.4 is 10.6 Å². The van der Waals surface area contributed by atoms with Gasteiger partial charge in [0.2, 0.25) is 0 Å². The molecule has 38 heavy (non-hydrogen) atoms. The minimum atomic E-state index is -1.22. The molecular formula is C25H34Cl2N4O7. The first kappa shape index (κ1) is 32.9. The fraction of sp³-hybridized carbons (Fsp3) is 0.480. The number of carbonyl (C=O) groups excluding carboxylic acids is 2. The number of rotatable bonds is 3. The molecule has 2 aromatic heterocycles. The van der Waals surface area contributed by atoms with Gasteiger partial charge in [0.1, 0.15) is 11.2 Å². The molecule has 1 saturated heterocycles. The maximum Gasteiger partial charge on any atom is 0.412 e. The van der Waals surface area contributed by atoms with Gasteiger partial charge in [-0.1, -0.05) is 23.2 Å². The summed E-state index contributed by atoms with van der Waals surface area (Å²) >= 11 is 11.5. The molecule has 2 amide bonds. The lowest BCUT2D eigenvalue weighted by atomic mass is 10.2. The Bertz CT molecular complexity index is 1070. The van der Waals surface area contributed by atoms with Crippen molar-refractivity contribution in [3.63, 3.8) is 0 Å². The predicted molar refractivity (Wildman–Crippen MR) is 145 cm³/mol. The second-order valence-electron chi connectivity index (χ2n) is 9.74. The van der Waals surface area contributed by atoms with Crippen LogP contribution >= 0.6 is 23.2 Å².